The van der Waals surface area contributed by atoms with Crippen molar-refractivity contribution in [3.05, 3.63) is 59.7 Å². The van der Waals surface area contributed by atoms with Crippen LogP contribution in [0.3, 0.4) is 0 Å². The highest BCUT2D eigenvalue weighted by atomic mass is 19.1. The van der Waals surface area contributed by atoms with Gasteiger partial charge in [-0.2, -0.15) is 0 Å². The SMILES string of the molecule is CN1C(=O)CC(C(=O)Nc2c(F)cccc2F)c2ccccc21. The lowest BCUT2D eigenvalue weighted by Crippen LogP contribution is -2.37. The number of carbonyl (C=O) groups is 2. The topological polar surface area (TPSA) is 49.4 Å². The molecule has 1 unspecified atom stereocenters. The van der Waals surface area contributed by atoms with E-state index < -0.39 is 29.1 Å². The lowest BCUT2D eigenvalue weighted by atomic mass is 9.89. The lowest BCUT2D eigenvalue weighted by molar-refractivity contribution is -0.124. The van der Waals surface area contributed by atoms with Crippen LogP contribution in [0.25, 0.3) is 0 Å². The minimum atomic E-state index is -0.856. The van der Waals surface area contributed by atoms with Crippen LogP contribution < -0.4 is 10.2 Å². The maximum absolute atomic E-state index is 13.7. The Labute approximate surface area is 131 Å². The van der Waals surface area contributed by atoms with Gasteiger partial charge in [0.05, 0.1) is 5.92 Å². The predicted molar refractivity (Wildman–Crippen MR) is 82.2 cm³/mol. The van der Waals surface area contributed by atoms with Gasteiger partial charge in [-0.05, 0) is 23.8 Å². The molecule has 0 spiro atoms. The Balaban J connectivity index is 1.94. The van der Waals surface area contributed by atoms with Crippen LogP contribution >= 0.6 is 0 Å². The molecule has 23 heavy (non-hydrogen) atoms. The summed E-state index contributed by atoms with van der Waals surface area (Å²) < 4.78 is 27.4. The maximum atomic E-state index is 13.7. The normalized spacial score (nSPS) is 16.9. The number of halogens is 2. The summed E-state index contributed by atoms with van der Waals surface area (Å²) in [4.78, 5) is 26.0. The Morgan fingerprint density at radius 3 is 2.48 bits per heavy atom. The average molecular weight is 316 g/mol. The van der Waals surface area contributed by atoms with Gasteiger partial charge in [0.25, 0.3) is 0 Å². The number of rotatable bonds is 2. The summed E-state index contributed by atoms with van der Waals surface area (Å²) in [6, 6.07) is 10.3. The molecule has 118 valence electrons. The number of carbonyl (C=O) groups excluding carboxylic acids is 2. The fourth-order valence-corrected chi connectivity index (χ4v) is 2.70. The first-order valence-corrected chi connectivity index (χ1v) is 7.09. The zero-order valence-electron chi connectivity index (χ0n) is 12.3. The van der Waals surface area contributed by atoms with Crippen LogP contribution in [0.15, 0.2) is 42.5 Å². The standard InChI is InChI=1S/C17H14F2N2O2/c1-21-14-8-3-2-5-10(14)11(9-15(21)22)17(23)20-16-12(18)6-4-7-13(16)19/h2-8,11H,9H2,1H3,(H,20,23). The van der Waals surface area contributed by atoms with Crippen LogP contribution in [-0.4, -0.2) is 18.9 Å². The smallest absolute Gasteiger partial charge is 0.232 e. The highest BCUT2D eigenvalue weighted by Gasteiger charge is 2.34. The summed E-state index contributed by atoms with van der Waals surface area (Å²) >= 11 is 0. The molecule has 0 aromatic heterocycles. The summed E-state index contributed by atoms with van der Waals surface area (Å²) in [6.07, 6.45) is -0.0462. The molecule has 0 bridgehead atoms. The molecule has 1 aliphatic rings. The third-order valence-corrected chi connectivity index (χ3v) is 3.95. The number of amides is 2. The first-order valence-electron chi connectivity index (χ1n) is 7.09. The monoisotopic (exact) mass is 316 g/mol. The van der Waals surface area contributed by atoms with Gasteiger partial charge >= 0.3 is 0 Å². The summed E-state index contributed by atoms with van der Waals surface area (Å²) in [7, 11) is 1.63. The van der Waals surface area contributed by atoms with E-state index in [1.165, 1.54) is 11.0 Å². The minimum absolute atomic E-state index is 0.0462. The first-order chi connectivity index (χ1) is 11.0. The van der Waals surface area contributed by atoms with Crippen molar-refractivity contribution < 1.29 is 18.4 Å². The van der Waals surface area contributed by atoms with Crippen LogP contribution in [-0.2, 0) is 9.59 Å². The van der Waals surface area contributed by atoms with E-state index >= 15 is 0 Å². The van der Waals surface area contributed by atoms with Gasteiger partial charge in [-0.25, -0.2) is 8.78 Å². The molecule has 0 fully saturated rings. The van der Waals surface area contributed by atoms with Crippen LogP contribution in [0.1, 0.15) is 17.9 Å². The fraction of sp³-hybridized carbons (Fsp3) is 0.176. The second-order valence-corrected chi connectivity index (χ2v) is 5.35. The van der Waals surface area contributed by atoms with E-state index in [1.807, 2.05) is 0 Å². The molecule has 2 aromatic carbocycles. The largest absolute Gasteiger partial charge is 0.321 e. The third-order valence-electron chi connectivity index (χ3n) is 3.95. The van der Waals surface area contributed by atoms with Crippen molar-refractivity contribution >= 4 is 23.2 Å². The molecule has 0 saturated heterocycles. The molecular formula is C17H14F2N2O2. The number of fused-ring (bicyclic) bond motifs is 1. The minimum Gasteiger partial charge on any atom is -0.321 e. The summed E-state index contributed by atoms with van der Waals surface area (Å²) in [5.74, 6) is -3.33. The van der Waals surface area contributed by atoms with Crippen molar-refractivity contribution in [3.63, 3.8) is 0 Å². The molecule has 0 saturated carbocycles. The summed E-state index contributed by atoms with van der Waals surface area (Å²) in [5, 5.41) is 2.26. The molecule has 0 radical (unpaired) electrons. The van der Waals surface area contributed by atoms with Crippen LogP contribution in [0.4, 0.5) is 20.2 Å². The molecule has 1 aliphatic heterocycles. The Morgan fingerprint density at radius 1 is 1.13 bits per heavy atom. The van der Waals surface area contributed by atoms with Crippen LogP contribution in [0, 0.1) is 11.6 Å². The zero-order valence-corrected chi connectivity index (χ0v) is 12.3. The van der Waals surface area contributed by atoms with Crippen LogP contribution in [0.2, 0.25) is 0 Å². The Morgan fingerprint density at radius 2 is 1.78 bits per heavy atom. The molecule has 1 heterocycles. The number of anilines is 2. The second-order valence-electron chi connectivity index (χ2n) is 5.35. The number of hydrogen-bond donors (Lipinski definition) is 1. The van der Waals surface area contributed by atoms with E-state index in [9.17, 15) is 18.4 Å². The second kappa shape index (κ2) is 5.79. The van der Waals surface area contributed by atoms with E-state index in [0.29, 0.717) is 11.3 Å². The Hall–Kier alpha value is -2.76. The average Bonchev–Trinajstić information content (AvgIpc) is 2.54. The Kier molecular flexibility index (Phi) is 3.82. The van der Waals surface area contributed by atoms with Gasteiger partial charge in [-0.15, -0.1) is 0 Å². The zero-order chi connectivity index (χ0) is 16.6. The molecule has 2 amide bonds. The number of para-hydroxylation sites is 2. The van der Waals surface area contributed by atoms with Gasteiger partial charge in [-0.3, -0.25) is 9.59 Å². The number of nitrogens with one attached hydrogen (secondary N) is 1. The quantitative estimate of drug-likeness (QED) is 0.926. The van der Waals surface area contributed by atoms with Crippen molar-refractivity contribution in [2.75, 3.05) is 17.3 Å². The van der Waals surface area contributed by atoms with Crippen molar-refractivity contribution in [1.82, 2.24) is 0 Å². The number of nitrogens with zero attached hydrogens (tertiary/aromatic N) is 1. The van der Waals surface area contributed by atoms with E-state index in [-0.39, 0.29) is 12.3 Å². The maximum Gasteiger partial charge on any atom is 0.232 e. The molecule has 3 rings (SSSR count). The summed E-state index contributed by atoms with van der Waals surface area (Å²) in [5.41, 5.74) is 0.781. The van der Waals surface area contributed by atoms with Gasteiger partial charge in [0.15, 0.2) is 0 Å². The number of benzene rings is 2. The van der Waals surface area contributed by atoms with Gasteiger partial charge < -0.3 is 10.2 Å². The molecule has 0 aliphatic carbocycles. The van der Waals surface area contributed by atoms with E-state index in [0.717, 1.165) is 12.1 Å². The number of hydrogen-bond acceptors (Lipinski definition) is 2. The van der Waals surface area contributed by atoms with Crippen molar-refractivity contribution in [2.24, 2.45) is 0 Å². The van der Waals surface area contributed by atoms with E-state index in [4.69, 9.17) is 0 Å². The highest BCUT2D eigenvalue weighted by molar-refractivity contribution is 6.05. The lowest BCUT2D eigenvalue weighted by Gasteiger charge is -2.30. The highest BCUT2D eigenvalue weighted by Crippen LogP contribution is 2.36. The van der Waals surface area contributed by atoms with Crippen LogP contribution in [0.5, 0.6) is 0 Å². The molecule has 6 heteroatoms. The molecule has 4 nitrogen and oxygen atoms in total. The summed E-state index contributed by atoms with van der Waals surface area (Å²) in [6.45, 7) is 0. The molecular weight excluding hydrogens is 302 g/mol. The van der Waals surface area contributed by atoms with E-state index in [2.05, 4.69) is 5.32 Å². The van der Waals surface area contributed by atoms with Crippen molar-refractivity contribution in [2.45, 2.75) is 12.3 Å². The molecule has 1 N–H and O–H groups in total. The molecule has 2 aromatic rings. The van der Waals surface area contributed by atoms with Crippen molar-refractivity contribution in [1.29, 1.82) is 0 Å². The van der Waals surface area contributed by atoms with E-state index in [1.54, 1.807) is 31.3 Å². The van der Waals surface area contributed by atoms with Gasteiger partial charge in [-0.1, -0.05) is 24.3 Å². The first kappa shape index (κ1) is 15.1. The predicted octanol–water partition coefficient (Wildman–Crippen LogP) is 3.05. The third kappa shape index (κ3) is 2.67. The van der Waals surface area contributed by atoms with Crippen molar-refractivity contribution in [3.8, 4) is 0 Å². The van der Waals surface area contributed by atoms with Gasteiger partial charge in [0, 0.05) is 19.2 Å². The molecule has 1 atom stereocenters. The van der Waals surface area contributed by atoms with Gasteiger partial charge in [0.2, 0.25) is 11.8 Å². The fourth-order valence-electron chi connectivity index (χ4n) is 2.70. The van der Waals surface area contributed by atoms with Gasteiger partial charge in [0.1, 0.15) is 17.3 Å². The Bertz CT molecular complexity index is 772.